The van der Waals surface area contributed by atoms with E-state index in [9.17, 15) is 0 Å². The summed E-state index contributed by atoms with van der Waals surface area (Å²) in [5.74, 6) is 0. The minimum Gasteiger partial charge on any atom is -0.191 e. The van der Waals surface area contributed by atoms with Gasteiger partial charge < -0.3 is 0 Å². The lowest BCUT2D eigenvalue weighted by molar-refractivity contribution is -0.683. The van der Waals surface area contributed by atoms with Gasteiger partial charge in [0, 0.05) is 16.7 Å². The second-order valence-electron chi connectivity index (χ2n) is 8.40. The molecule has 1 heterocycles. The van der Waals surface area contributed by atoms with Gasteiger partial charge in [-0.2, -0.15) is 4.57 Å². The van der Waals surface area contributed by atoms with Crippen molar-refractivity contribution in [3.05, 3.63) is 90.7 Å². The highest BCUT2D eigenvalue weighted by Gasteiger charge is 2.29. The van der Waals surface area contributed by atoms with E-state index < -0.39 is 0 Å². The van der Waals surface area contributed by atoms with Crippen molar-refractivity contribution in [2.45, 2.75) is 84.6 Å². The predicted molar refractivity (Wildman–Crippen MR) is 137 cm³/mol. The highest BCUT2D eigenvalue weighted by Crippen LogP contribution is 2.31. The molecule has 0 N–H and O–H groups in total. The van der Waals surface area contributed by atoms with E-state index in [1.54, 1.807) is 0 Å². The molecule has 0 aliphatic heterocycles. The van der Waals surface area contributed by atoms with Gasteiger partial charge in [-0.15, -0.1) is 13.2 Å². The van der Waals surface area contributed by atoms with Crippen molar-refractivity contribution in [1.29, 1.82) is 0 Å². The highest BCUT2D eigenvalue weighted by atomic mass is 15.0. The van der Waals surface area contributed by atoms with Gasteiger partial charge in [0.1, 0.15) is 0 Å². The molecule has 0 aliphatic carbocycles. The molecule has 0 saturated carbocycles. The van der Waals surface area contributed by atoms with Crippen molar-refractivity contribution in [2.75, 3.05) is 0 Å². The van der Waals surface area contributed by atoms with Crippen LogP contribution in [0.3, 0.4) is 0 Å². The van der Waals surface area contributed by atoms with E-state index in [4.69, 9.17) is 0 Å². The maximum atomic E-state index is 4.12. The number of benzene rings is 1. The quantitative estimate of drug-likeness (QED) is 0.159. The van der Waals surface area contributed by atoms with Crippen LogP contribution in [0.2, 0.25) is 0 Å². The van der Waals surface area contributed by atoms with Crippen LogP contribution in [0, 0.1) is 0 Å². The van der Waals surface area contributed by atoms with Crippen molar-refractivity contribution >= 4 is 0 Å². The van der Waals surface area contributed by atoms with Crippen molar-refractivity contribution in [3.8, 4) is 11.3 Å². The molecule has 31 heavy (non-hydrogen) atoms. The summed E-state index contributed by atoms with van der Waals surface area (Å²) in [6.07, 6.45) is 17.7. The Morgan fingerprint density at radius 1 is 0.710 bits per heavy atom. The first-order chi connectivity index (χ1) is 15.2. The third kappa shape index (κ3) is 6.53. The molecule has 0 aliphatic rings. The molecule has 0 saturated heterocycles. The van der Waals surface area contributed by atoms with Gasteiger partial charge in [0.25, 0.3) is 0 Å². The minimum atomic E-state index is 0.823. The van der Waals surface area contributed by atoms with Crippen LogP contribution in [0.4, 0.5) is 0 Å². The van der Waals surface area contributed by atoms with E-state index in [1.807, 2.05) is 6.08 Å². The van der Waals surface area contributed by atoms with Crippen LogP contribution < -0.4 is 4.57 Å². The summed E-state index contributed by atoms with van der Waals surface area (Å²) >= 11 is 0. The maximum absolute atomic E-state index is 4.12. The fourth-order valence-corrected chi connectivity index (χ4v) is 4.65. The monoisotopic (exact) mass is 416 g/mol. The summed E-state index contributed by atoms with van der Waals surface area (Å²) in [5, 5.41) is 0. The average Bonchev–Trinajstić information content (AvgIpc) is 2.79. The molecule has 1 aromatic heterocycles. The van der Waals surface area contributed by atoms with Crippen LogP contribution >= 0.6 is 0 Å². The van der Waals surface area contributed by atoms with Crippen LogP contribution in [0.1, 0.15) is 74.8 Å². The van der Waals surface area contributed by atoms with Crippen LogP contribution in [0.15, 0.2) is 68.3 Å². The molecular weight excluding hydrogens is 374 g/mol. The lowest BCUT2D eigenvalue weighted by Gasteiger charge is -2.21. The topological polar surface area (TPSA) is 3.88 Å². The predicted octanol–water partition coefficient (Wildman–Crippen LogP) is 7.75. The van der Waals surface area contributed by atoms with Crippen molar-refractivity contribution in [3.63, 3.8) is 0 Å². The fourth-order valence-electron chi connectivity index (χ4n) is 4.65. The van der Waals surface area contributed by atoms with E-state index in [0.717, 1.165) is 32.2 Å². The van der Waals surface area contributed by atoms with Gasteiger partial charge in [0.2, 0.25) is 5.69 Å². The summed E-state index contributed by atoms with van der Waals surface area (Å²) in [6, 6.07) is 10.9. The van der Waals surface area contributed by atoms with Gasteiger partial charge in [-0.25, -0.2) is 0 Å². The average molecular weight is 417 g/mol. The summed E-state index contributed by atoms with van der Waals surface area (Å²) in [6.45, 7) is 17.7. The number of pyridine rings is 1. The Balaban J connectivity index is 2.87. The number of rotatable bonds is 15. The fraction of sp³-hybridized carbons (Fsp3) is 0.433. The Morgan fingerprint density at radius 3 is 1.87 bits per heavy atom. The molecule has 0 spiro atoms. The third-order valence-corrected chi connectivity index (χ3v) is 6.06. The Hall–Kier alpha value is -2.41. The number of allylic oxidation sites excluding steroid dienone is 3. The number of hydrogen-bond donors (Lipinski definition) is 0. The van der Waals surface area contributed by atoms with Gasteiger partial charge >= 0.3 is 0 Å². The molecule has 0 unspecified atom stereocenters. The molecule has 0 bridgehead atoms. The van der Waals surface area contributed by atoms with Gasteiger partial charge in [-0.3, -0.25) is 0 Å². The van der Waals surface area contributed by atoms with E-state index in [0.29, 0.717) is 0 Å². The van der Waals surface area contributed by atoms with Crippen LogP contribution in [0.5, 0.6) is 0 Å². The SMILES string of the molecule is C=CCc1c(CCCCC)c(CC=C)[n+](CC=C)c(-c2ccccc2)c1CCCCC. The van der Waals surface area contributed by atoms with E-state index >= 15 is 0 Å². The molecule has 1 heteroatoms. The molecule has 2 aromatic rings. The van der Waals surface area contributed by atoms with Gasteiger partial charge in [0.15, 0.2) is 12.2 Å². The normalized spacial score (nSPS) is 10.8. The summed E-state index contributed by atoms with van der Waals surface area (Å²) in [5.41, 5.74) is 8.62. The molecular formula is C30H42N+. The molecule has 0 fully saturated rings. The third-order valence-electron chi connectivity index (χ3n) is 6.06. The second kappa shape index (κ2) is 13.8. The summed E-state index contributed by atoms with van der Waals surface area (Å²) in [7, 11) is 0. The van der Waals surface area contributed by atoms with Gasteiger partial charge in [-0.1, -0.05) is 76.5 Å². The number of aromatic nitrogens is 1. The van der Waals surface area contributed by atoms with E-state index in [1.165, 1.54) is 72.2 Å². The van der Waals surface area contributed by atoms with Crippen molar-refractivity contribution in [1.82, 2.24) is 0 Å². The zero-order valence-electron chi connectivity index (χ0n) is 20.0. The largest absolute Gasteiger partial charge is 0.216 e. The Kier molecular flexibility index (Phi) is 11.1. The van der Waals surface area contributed by atoms with E-state index in [2.05, 4.69) is 80.6 Å². The Bertz CT molecular complexity index is 845. The standard InChI is InChI=1S/C30H42N/c1-6-11-14-22-27-26(18-8-3)28(23-15-12-7-2)30(25-20-16-13-17-21-25)31(24-10-5)29(27)19-9-4/h8-10,13,16-17,20-21H,3-7,11-12,14-15,18-19,22-24H2,1-2H3/q+1. The molecule has 166 valence electrons. The smallest absolute Gasteiger partial charge is 0.191 e. The molecule has 1 aromatic carbocycles. The second-order valence-corrected chi connectivity index (χ2v) is 8.40. The zero-order valence-corrected chi connectivity index (χ0v) is 20.0. The molecule has 0 amide bonds. The van der Waals surface area contributed by atoms with Crippen molar-refractivity contribution in [2.24, 2.45) is 0 Å². The first-order valence-electron chi connectivity index (χ1n) is 12.2. The van der Waals surface area contributed by atoms with Crippen LogP contribution in [-0.2, 0) is 32.2 Å². The lowest BCUT2D eigenvalue weighted by atomic mass is 9.86. The van der Waals surface area contributed by atoms with Crippen molar-refractivity contribution < 1.29 is 4.57 Å². The highest BCUT2D eigenvalue weighted by molar-refractivity contribution is 5.63. The summed E-state index contributed by atoms with van der Waals surface area (Å²) < 4.78 is 2.53. The van der Waals surface area contributed by atoms with E-state index in [-0.39, 0.29) is 0 Å². The number of hydrogen-bond acceptors (Lipinski definition) is 0. The molecule has 0 atom stereocenters. The Labute approximate surface area is 191 Å². The zero-order chi connectivity index (χ0) is 22.5. The van der Waals surface area contributed by atoms with Crippen LogP contribution in [0.25, 0.3) is 11.3 Å². The van der Waals surface area contributed by atoms with Gasteiger partial charge in [-0.05, 0) is 55.9 Å². The first kappa shape index (κ1) is 24.9. The van der Waals surface area contributed by atoms with Crippen LogP contribution in [-0.4, -0.2) is 0 Å². The Morgan fingerprint density at radius 2 is 1.32 bits per heavy atom. The number of nitrogens with zero attached hydrogens (tertiary/aromatic N) is 1. The lowest BCUT2D eigenvalue weighted by Crippen LogP contribution is -2.43. The summed E-state index contributed by atoms with van der Waals surface area (Å²) in [4.78, 5) is 0. The molecule has 2 rings (SSSR count). The first-order valence-corrected chi connectivity index (χ1v) is 12.2. The number of unbranched alkanes of at least 4 members (excludes halogenated alkanes) is 4. The molecule has 0 radical (unpaired) electrons. The minimum absolute atomic E-state index is 0.823. The van der Waals surface area contributed by atoms with Gasteiger partial charge in [0.05, 0.1) is 6.42 Å². The maximum Gasteiger partial charge on any atom is 0.216 e. The molecule has 1 nitrogen and oxygen atoms in total.